The van der Waals surface area contributed by atoms with Crippen LogP contribution in [-0.2, 0) is 4.79 Å². The molecule has 0 bridgehead atoms. The van der Waals surface area contributed by atoms with Gasteiger partial charge < -0.3 is 10.4 Å². The molecule has 92 valence electrons. The predicted molar refractivity (Wildman–Crippen MR) is 65.2 cm³/mol. The van der Waals surface area contributed by atoms with E-state index in [1.165, 1.54) is 17.8 Å². The summed E-state index contributed by atoms with van der Waals surface area (Å²) < 4.78 is 0. The van der Waals surface area contributed by atoms with Crippen molar-refractivity contribution < 1.29 is 14.7 Å². The molecule has 17 heavy (non-hydrogen) atoms. The first-order valence-electron chi connectivity index (χ1n) is 5.17. The molecular weight excluding hydrogens is 240 g/mol. The molecule has 0 saturated heterocycles. The lowest BCUT2D eigenvalue weighted by atomic mass is 10.3. The van der Waals surface area contributed by atoms with Crippen molar-refractivity contribution in [2.24, 2.45) is 0 Å². The van der Waals surface area contributed by atoms with Gasteiger partial charge in [-0.1, -0.05) is 0 Å². The maximum absolute atomic E-state index is 11.0. The van der Waals surface area contributed by atoms with Gasteiger partial charge in [0.25, 0.3) is 0 Å². The molecule has 0 unspecified atom stereocenters. The molecule has 1 rings (SSSR count). The number of carbonyl (C=O) groups is 2. The van der Waals surface area contributed by atoms with E-state index in [0.717, 1.165) is 0 Å². The zero-order valence-electron chi connectivity index (χ0n) is 9.47. The van der Waals surface area contributed by atoms with Crippen LogP contribution in [0, 0.1) is 0 Å². The van der Waals surface area contributed by atoms with E-state index in [9.17, 15) is 9.59 Å². The smallest absolute Gasteiger partial charge is 0.338 e. The van der Waals surface area contributed by atoms with Gasteiger partial charge in [-0.3, -0.25) is 4.79 Å². The molecule has 1 aromatic heterocycles. The van der Waals surface area contributed by atoms with Gasteiger partial charge in [0.2, 0.25) is 5.91 Å². The van der Waals surface area contributed by atoms with Gasteiger partial charge in [0.1, 0.15) is 5.03 Å². The van der Waals surface area contributed by atoms with Gasteiger partial charge in [-0.15, -0.1) is 11.8 Å². The molecule has 5 nitrogen and oxygen atoms in total. The third kappa shape index (κ3) is 4.44. The largest absolute Gasteiger partial charge is 0.478 e. The molecule has 0 spiro atoms. The Morgan fingerprint density at radius 1 is 1.53 bits per heavy atom. The first-order chi connectivity index (χ1) is 8.15. The monoisotopic (exact) mass is 254 g/mol. The van der Waals surface area contributed by atoms with Gasteiger partial charge in [0.15, 0.2) is 0 Å². The van der Waals surface area contributed by atoms with E-state index in [0.29, 0.717) is 23.6 Å². The topological polar surface area (TPSA) is 79.3 Å². The van der Waals surface area contributed by atoms with E-state index in [1.807, 2.05) is 0 Å². The van der Waals surface area contributed by atoms with Crippen molar-refractivity contribution in [2.45, 2.75) is 17.9 Å². The van der Waals surface area contributed by atoms with Crippen molar-refractivity contribution in [1.82, 2.24) is 10.3 Å². The lowest BCUT2D eigenvalue weighted by Crippen LogP contribution is -2.17. The molecule has 1 aromatic rings. The van der Waals surface area contributed by atoms with Crippen molar-refractivity contribution in [1.29, 1.82) is 0 Å². The third-order valence-electron chi connectivity index (χ3n) is 2.07. The number of hydrogen-bond acceptors (Lipinski definition) is 4. The normalized spacial score (nSPS) is 9.94. The minimum atomic E-state index is -0.980. The fourth-order valence-electron chi connectivity index (χ4n) is 1.20. The molecule has 0 saturated carbocycles. The summed E-state index contributed by atoms with van der Waals surface area (Å²) in [5, 5.41) is 12.0. The summed E-state index contributed by atoms with van der Waals surface area (Å²) in [4.78, 5) is 25.9. The number of amides is 1. The van der Waals surface area contributed by atoms with Crippen LogP contribution in [0.3, 0.4) is 0 Å². The maximum atomic E-state index is 11.0. The fraction of sp³-hybridized carbons (Fsp3) is 0.364. The van der Waals surface area contributed by atoms with E-state index in [2.05, 4.69) is 10.3 Å². The fourth-order valence-corrected chi connectivity index (χ4v) is 2.12. The zero-order valence-corrected chi connectivity index (χ0v) is 10.3. The quantitative estimate of drug-likeness (QED) is 0.592. The maximum Gasteiger partial charge on any atom is 0.338 e. The number of rotatable bonds is 6. The highest BCUT2D eigenvalue weighted by atomic mass is 32.2. The van der Waals surface area contributed by atoms with Crippen molar-refractivity contribution >= 4 is 23.6 Å². The Hall–Kier alpha value is -1.56. The number of thioether (sulfide) groups is 1. The van der Waals surface area contributed by atoms with E-state index in [4.69, 9.17) is 5.11 Å². The lowest BCUT2D eigenvalue weighted by Gasteiger charge is -2.03. The summed E-state index contributed by atoms with van der Waals surface area (Å²) in [6.07, 6.45) is 2.70. The van der Waals surface area contributed by atoms with Crippen LogP contribution >= 0.6 is 11.8 Å². The molecule has 2 N–H and O–H groups in total. The number of pyridine rings is 1. The van der Waals surface area contributed by atoms with Crippen LogP contribution < -0.4 is 5.32 Å². The number of aromatic carboxylic acids is 1. The van der Waals surface area contributed by atoms with Crippen LogP contribution in [0.15, 0.2) is 23.4 Å². The molecule has 1 amide bonds. The second-order valence-electron chi connectivity index (χ2n) is 3.29. The van der Waals surface area contributed by atoms with Gasteiger partial charge in [0.05, 0.1) is 5.56 Å². The van der Waals surface area contributed by atoms with Crippen molar-refractivity contribution in [3.63, 3.8) is 0 Å². The van der Waals surface area contributed by atoms with Crippen LogP contribution in [0.4, 0.5) is 0 Å². The average molecular weight is 254 g/mol. The van der Waals surface area contributed by atoms with Gasteiger partial charge in [-0.25, -0.2) is 9.78 Å². The highest BCUT2D eigenvalue weighted by molar-refractivity contribution is 7.99. The summed E-state index contributed by atoms with van der Waals surface area (Å²) in [5.41, 5.74) is 0.206. The second-order valence-corrected chi connectivity index (χ2v) is 4.37. The van der Waals surface area contributed by atoms with Crippen molar-refractivity contribution in [3.8, 4) is 0 Å². The van der Waals surface area contributed by atoms with Crippen LogP contribution in [0.1, 0.15) is 23.2 Å². The van der Waals surface area contributed by atoms with Gasteiger partial charge in [0, 0.05) is 25.4 Å². The number of nitrogens with one attached hydrogen (secondary N) is 1. The van der Waals surface area contributed by atoms with E-state index >= 15 is 0 Å². The SMILES string of the molecule is CNC(=O)CCCSc1ncccc1C(=O)O. The molecule has 0 aliphatic rings. The molecule has 1 heterocycles. The Kier molecular flexibility index (Phi) is 5.48. The molecule has 0 aliphatic carbocycles. The molecular formula is C11H14N2O3S. The summed E-state index contributed by atoms with van der Waals surface area (Å²) in [5.74, 6) is -0.318. The summed E-state index contributed by atoms with van der Waals surface area (Å²) in [6.45, 7) is 0. The van der Waals surface area contributed by atoms with Gasteiger partial charge >= 0.3 is 5.97 Å². The predicted octanol–water partition coefficient (Wildman–Crippen LogP) is 1.40. The zero-order chi connectivity index (χ0) is 12.7. The second kappa shape index (κ2) is 6.90. The average Bonchev–Trinajstić information content (AvgIpc) is 2.34. The standard InChI is InChI=1S/C11H14N2O3S/c1-12-9(14)5-3-7-17-10-8(11(15)16)4-2-6-13-10/h2,4,6H,3,5,7H2,1H3,(H,12,14)(H,15,16). The Morgan fingerprint density at radius 3 is 2.94 bits per heavy atom. The minimum Gasteiger partial charge on any atom is -0.478 e. The molecule has 0 fully saturated rings. The number of nitrogens with zero attached hydrogens (tertiary/aromatic N) is 1. The van der Waals surface area contributed by atoms with E-state index in [-0.39, 0.29) is 11.5 Å². The van der Waals surface area contributed by atoms with E-state index in [1.54, 1.807) is 19.3 Å². The number of carboxylic acid groups (broad SMARTS) is 1. The Balaban J connectivity index is 2.46. The first-order valence-corrected chi connectivity index (χ1v) is 6.15. The summed E-state index contributed by atoms with van der Waals surface area (Å²) in [7, 11) is 1.59. The van der Waals surface area contributed by atoms with Gasteiger partial charge in [-0.05, 0) is 18.6 Å². The molecule has 0 radical (unpaired) electrons. The van der Waals surface area contributed by atoms with Crippen molar-refractivity contribution in [2.75, 3.05) is 12.8 Å². The number of carbonyl (C=O) groups excluding carboxylic acids is 1. The minimum absolute atomic E-state index is 0.00919. The van der Waals surface area contributed by atoms with Crippen LogP contribution in [0.5, 0.6) is 0 Å². The lowest BCUT2D eigenvalue weighted by molar-refractivity contribution is -0.120. The van der Waals surface area contributed by atoms with Crippen LogP contribution in [-0.4, -0.2) is 34.8 Å². The Labute approximate surface area is 104 Å². The third-order valence-corrected chi connectivity index (χ3v) is 3.16. The molecule has 6 heteroatoms. The van der Waals surface area contributed by atoms with E-state index < -0.39 is 5.97 Å². The first kappa shape index (κ1) is 13.5. The number of hydrogen-bond donors (Lipinski definition) is 2. The Bertz CT molecular complexity index is 409. The number of aromatic nitrogens is 1. The summed E-state index contributed by atoms with van der Waals surface area (Å²) >= 11 is 1.36. The van der Waals surface area contributed by atoms with Crippen LogP contribution in [0.25, 0.3) is 0 Å². The summed E-state index contributed by atoms with van der Waals surface area (Å²) in [6, 6.07) is 3.12. The van der Waals surface area contributed by atoms with Crippen molar-refractivity contribution in [3.05, 3.63) is 23.9 Å². The Morgan fingerprint density at radius 2 is 2.29 bits per heavy atom. The van der Waals surface area contributed by atoms with Crippen LogP contribution in [0.2, 0.25) is 0 Å². The molecule has 0 atom stereocenters. The molecule has 0 aliphatic heterocycles. The molecule has 0 aromatic carbocycles. The highest BCUT2D eigenvalue weighted by Gasteiger charge is 2.10. The highest BCUT2D eigenvalue weighted by Crippen LogP contribution is 2.20. The number of carboxylic acids is 1. The van der Waals surface area contributed by atoms with Gasteiger partial charge in [-0.2, -0.15) is 0 Å².